The molecule has 1 aliphatic rings. The molecule has 0 spiro atoms. The van der Waals surface area contributed by atoms with Crippen LogP contribution in [0.3, 0.4) is 0 Å². The van der Waals surface area contributed by atoms with Gasteiger partial charge in [0.25, 0.3) is 0 Å². The summed E-state index contributed by atoms with van der Waals surface area (Å²) in [4.78, 5) is 0. The monoisotopic (exact) mass is 536 g/mol. The van der Waals surface area contributed by atoms with Crippen molar-refractivity contribution in [2.24, 2.45) is 0 Å². The van der Waals surface area contributed by atoms with Crippen molar-refractivity contribution < 1.29 is 4.73 Å². The topological polar surface area (TPSA) is 82.6 Å². The van der Waals surface area contributed by atoms with Crippen LogP contribution in [-0.2, 0) is 6.42 Å². The molecule has 1 atom stereocenters. The van der Waals surface area contributed by atoms with Crippen LogP contribution in [0.4, 0.5) is 0 Å². The Kier molecular flexibility index (Phi) is 7.34. The molecule has 3 heterocycles. The summed E-state index contributed by atoms with van der Waals surface area (Å²) < 4.78 is 2.57. The van der Waals surface area contributed by atoms with Crippen LogP contribution >= 0.6 is 11.6 Å². The molecule has 196 valence electrons. The van der Waals surface area contributed by atoms with Crippen molar-refractivity contribution >= 4 is 11.6 Å². The van der Waals surface area contributed by atoms with Gasteiger partial charge in [-0.3, -0.25) is 0 Å². The van der Waals surface area contributed by atoms with Crippen LogP contribution in [0.25, 0.3) is 16.8 Å². The standard InChI is InChI=1S/C31H29ClN6O/c32-27-10-12-30(37-21-34-35-36-37)29(19-27)26-9-11-31(38(39)20-26)28(17-22-5-2-1-3-6-22)25-8-4-7-24(18-25)23-13-15-33-16-14-23/h1-12,18-21,23,28,33H,13-17H2/t28-/m0/s1. The average molecular weight is 537 g/mol. The number of halogens is 1. The molecule has 1 N–H and O–H groups in total. The van der Waals surface area contributed by atoms with E-state index in [4.69, 9.17) is 11.6 Å². The van der Waals surface area contributed by atoms with Gasteiger partial charge in [-0.25, -0.2) is 0 Å². The van der Waals surface area contributed by atoms with E-state index in [1.54, 1.807) is 16.9 Å². The highest BCUT2D eigenvalue weighted by Gasteiger charge is 2.25. The summed E-state index contributed by atoms with van der Waals surface area (Å²) in [6, 6.07) is 28.6. The Morgan fingerprint density at radius 2 is 1.82 bits per heavy atom. The fourth-order valence-corrected chi connectivity index (χ4v) is 5.73. The van der Waals surface area contributed by atoms with E-state index in [9.17, 15) is 5.21 Å². The number of nitrogens with one attached hydrogen (secondary N) is 1. The zero-order chi connectivity index (χ0) is 26.6. The maximum Gasteiger partial charge on any atom is 0.200 e. The molecule has 0 bridgehead atoms. The molecule has 0 unspecified atom stereocenters. The maximum atomic E-state index is 13.7. The second kappa shape index (κ2) is 11.4. The van der Waals surface area contributed by atoms with E-state index in [1.165, 1.54) is 17.5 Å². The van der Waals surface area contributed by atoms with Crippen molar-refractivity contribution in [3.8, 4) is 16.8 Å². The minimum absolute atomic E-state index is 0.0982. The number of piperidine rings is 1. The van der Waals surface area contributed by atoms with Gasteiger partial charge in [0.05, 0.1) is 11.6 Å². The molecule has 1 aliphatic heterocycles. The Morgan fingerprint density at radius 1 is 0.974 bits per heavy atom. The molecule has 0 saturated carbocycles. The Labute approximate surface area is 232 Å². The van der Waals surface area contributed by atoms with Crippen molar-refractivity contribution in [3.63, 3.8) is 0 Å². The maximum absolute atomic E-state index is 13.7. The summed E-state index contributed by atoms with van der Waals surface area (Å²) in [5, 5.41) is 29.3. The van der Waals surface area contributed by atoms with Crippen LogP contribution in [0.1, 0.15) is 47.1 Å². The summed E-state index contributed by atoms with van der Waals surface area (Å²) in [5.74, 6) is 0.441. The third-order valence-corrected chi connectivity index (χ3v) is 7.81. The molecule has 0 radical (unpaired) electrons. The fourth-order valence-electron chi connectivity index (χ4n) is 5.56. The Morgan fingerprint density at radius 3 is 2.59 bits per heavy atom. The van der Waals surface area contributed by atoms with Crippen LogP contribution in [0.2, 0.25) is 5.02 Å². The summed E-state index contributed by atoms with van der Waals surface area (Å²) in [7, 11) is 0. The number of tetrazole rings is 1. The van der Waals surface area contributed by atoms with Crippen LogP contribution in [0, 0.1) is 5.21 Å². The largest absolute Gasteiger partial charge is 0.618 e. The lowest BCUT2D eigenvalue weighted by atomic mass is 9.84. The van der Waals surface area contributed by atoms with E-state index >= 15 is 0 Å². The highest BCUT2D eigenvalue weighted by atomic mass is 35.5. The third-order valence-electron chi connectivity index (χ3n) is 7.57. The third kappa shape index (κ3) is 5.55. The van der Waals surface area contributed by atoms with Gasteiger partial charge in [-0.15, -0.1) is 5.10 Å². The van der Waals surface area contributed by atoms with Gasteiger partial charge in [-0.05, 0) is 89.7 Å². The zero-order valence-corrected chi connectivity index (χ0v) is 22.2. The summed E-state index contributed by atoms with van der Waals surface area (Å²) in [6.07, 6.45) is 6.14. The van der Waals surface area contributed by atoms with Crippen LogP contribution in [0.5, 0.6) is 0 Å². The van der Waals surface area contributed by atoms with Crippen molar-refractivity contribution in [2.45, 2.75) is 31.1 Å². The number of benzene rings is 3. The van der Waals surface area contributed by atoms with Gasteiger partial charge in [0.15, 0.2) is 6.20 Å². The molecule has 8 heteroatoms. The van der Waals surface area contributed by atoms with E-state index in [1.807, 2.05) is 42.5 Å². The van der Waals surface area contributed by atoms with Gasteiger partial charge in [-0.1, -0.05) is 66.2 Å². The van der Waals surface area contributed by atoms with Gasteiger partial charge in [0, 0.05) is 22.2 Å². The predicted octanol–water partition coefficient (Wildman–Crippen LogP) is 5.46. The molecule has 5 aromatic rings. The molecule has 1 saturated heterocycles. The quantitative estimate of drug-likeness (QED) is 0.221. The lowest BCUT2D eigenvalue weighted by Gasteiger charge is -2.24. The number of aromatic nitrogens is 5. The van der Waals surface area contributed by atoms with Crippen molar-refractivity contribution in [1.29, 1.82) is 0 Å². The highest BCUT2D eigenvalue weighted by molar-refractivity contribution is 6.31. The minimum Gasteiger partial charge on any atom is -0.618 e. The first-order valence-electron chi connectivity index (χ1n) is 13.3. The van der Waals surface area contributed by atoms with Crippen molar-refractivity contribution in [1.82, 2.24) is 25.5 Å². The number of pyridine rings is 1. The fraction of sp³-hybridized carbons (Fsp3) is 0.226. The lowest BCUT2D eigenvalue weighted by molar-refractivity contribution is -0.614. The first-order valence-corrected chi connectivity index (χ1v) is 13.6. The zero-order valence-electron chi connectivity index (χ0n) is 21.5. The number of hydrogen-bond acceptors (Lipinski definition) is 5. The molecule has 39 heavy (non-hydrogen) atoms. The van der Waals surface area contributed by atoms with Gasteiger partial charge in [-0.2, -0.15) is 9.41 Å². The van der Waals surface area contributed by atoms with E-state index in [0.717, 1.165) is 59.5 Å². The van der Waals surface area contributed by atoms with Crippen molar-refractivity contribution in [3.05, 3.63) is 130 Å². The molecule has 2 aromatic heterocycles. The second-order valence-electron chi connectivity index (χ2n) is 10.0. The van der Waals surface area contributed by atoms with E-state index in [0.29, 0.717) is 16.6 Å². The summed E-state index contributed by atoms with van der Waals surface area (Å²) >= 11 is 6.35. The molecule has 3 aromatic carbocycles. The first-order chi connectivity index (χ1) is 19.2. The normalized spacial score (nSPS) is 14.8. The number of rotatable bonds is 7. The second-order valence-corrected chi connectivity index (χ2v) is 10.5. The Hall–Kier alpha value is -4.07. The molecule has 7 nitrogen and oxygen atoms in total. The Balaban J connectivity index is 1.40. The van der Waals surface area contributed by atoms with Crippen LogP contribution < -0.4 is 10.0 Å². The summed E-state index contributed by atoms with van der Waals surface area (Å²) in [6.45, 7) is 2.08. The summed E-state index contributed by atoms with van der Waals surface area (Å²) in [5.41, 5.74) is 6.66. The predicted molar refractivity (Wildman–Crippen MR) is 152 cm³/mol. The van der Waals surface area contributed by atoms with Gasteiger partial charge < -0.3 is 10.5 Å². The smallest absolute Gasteiger partial charge is 0.200 e. The Bertz CT molecular complexity index is 1550. The lowest BCUT2D eigenvalue weighted by Crippen LogP contribution is -2.34. The number of hydrogen-bond donors (Lipinski definition) is 1. The SMILES string of the molecule is [O-][n+]1cc(-c2cc(Cl)ccc2-n2cnnn2)ccc1[C@@H](Cc1ccccc1)c1cccc(C2CCNCC2)c1. The van der Waals surface area contributed by atoms with Gasteiger partial charge in [0.2, 0.25) is 5.69 Å². The highest BCUT2D eigenvalue weighted by Crippen LogP contribution is 2.33. The first kappa shape index (κ1) is 25.2. The van der Waals surface area contributed by atoms with Gasteiger partial charge >= 0.3 is 0 Å². The molecule has 6 rings (SSSR count). The number of nitrogens with zero attached hydrogens (tertiary/aromatic N) is 5. The van der Waals surface area contributed by atoms with Gasteiger partial charge in [0.1, 0.15) is 6.33 Å². The molecule has 0 amide bonds. The van der Waals surface area contributed by atoms with Crippen LogP contribution in [-0.4, -0.2) is 33.3 Å². The van der Waals surface area contributed by atoms with Crippen molar-refractivity contribution in [2.75, 3.05) is 13.1 Å². The van der Waals surface area contributed by atoms with Crippen LogP contribution in [0.15, 0.2) is 97.5 Å². The average Bonchev–Trinajstić information content (AvgIpc) is 3.52. The molecule has 1 fully saturated rings. The molecular weight excluding hydrogens is 508 g/mol. The minimum atomic E-state index is -0.0982. The van der Waals surface area contributed by atoms with E-state index in [2.05, 4.69) is 57.2 Å². The molecular formula is C31H29ClN6O. The molecule has 0 aliphatic carbocycles. The van der Waals surface area contributed by atoms with E-state index in [-0.39, 0.29) is 5.92 Å². The van der Waals surface area contributed by atoms with E-state index < -0.39 is 0 Å².